The van der Waals surface area contributed by atoms with Gasteiger partial charge in [-0.25, -0.2) is 0 Å². The molecule has 0 aliphatic heterocycles. The molecule has 6 atom stereocenters. The molecule has 106 valence electrons. The maximum atomic E-state index is 9.77. The molecule has 0 saturated heterocycles. The minimum atomic E-state index is -1.60. The van der Waals surface area contributed by atoms with Gasteiger partial charge in [0.05, 0.1) is 6.61 Å². The van der Waals surface area contributed by atoms with Crippen LogP contribution >= 0.6 is 0 Å². The summed E-state index contributed by atoms with van der Waals surface area (Å²) in [5, 5.41) is 48.1. The number of rotatable bonds is 3. The Hall–Kier alpha value is -1.02. The lowest BCUT2D eigenvalue weighted by Gasteiger charge is -2.41. The average molecular weight is 270 g/mol. The van der Waals surface area contributed by atoms with Crippen molar-refractivity contribution < 1.29 is 30.3 Å². The first kappa shape index (κ1) is 14.4. The van der Waals surface area contributed by atoms with E-state index in [0.717, 1.165) is 5.56 Å². The predicted octanol–water partition coefficient (Wildman–Crippen LogP) is -1.61. The first-order valence-electron chi connectivity index (χ1n) is 6.08. The van der Waals surface area contributed by atoms with Crippen LogP contribution in [0, 0.1) is 0 Å². The molecule has 6 nitrogen and oxygen atoms in total. The summed E-state index contributed by atoms with van der Waals surface area (Å²) in [6.45, 7) is 0.120. The fourth-order valence-corrected chi connectivity index (χ4v) is 2.16. The molecule has 1 fully saturated rings. The molecular weight excluding hydrogens is 252 g/mol. The zero-order valence-corrected chi connectivity index (χ0v) is 10.2. The zero-order chi connectivity index (χ0) is 14.0. The smallest absolute Gasteiger partial charge is 0.115 e. The van der Waals surface area contributed by atoms with Crippen molar-refractivity contribution in [3.8, 4) is 0 Å². The van der Waals surface area contributed by atoms with Gasteiger partial charge >= 0.3 is 0 Å². The maximum absolute atomic E-state index is 9.77. The Morgan fingerprint density at radius 1 is 0.737 bits per heavy atom. The summed E-state index contributed by atoms with van der Waals surface area (Å²) in [5.41, 5.74) is 0.831. The molecule has 0 aromatic heterocycles. The summed E-state index contributed by atoms with van der Waals surface area (Å²) in [6.07, 6.45) is -8.79. The molecule has 2 rings (SSSR count). The van der Waals surface area contributed by atoms with Crippen molar-refractivity contribution in [2.75, 3.05) is 0 Å². The van der Waals surface area contributed by atoms with Gasteiger partial charge in [0.2, 0.25) is 0 Å². The van der Waals surface area contributed by atoms with Crippen LogP contribution in [-0.2, 0) is 11.3 Å². The van der Waals surface area contributed by atoms with E-state index < -0.39 is 36.6 Å². The second-order valence-corrected chi connectivity index (χ2v) is 4.71. The zero-order valence-electron chi connectivity index (χ0n) is 10.2. The van der Waals surface area contributed by atoms with Crippen molar-refractivity contribution in [3.63, 3.8) is 0 Å². The minimum Gasteiger partial charge on any atom is -0.387 e. The highest BCUT2D eigenvalue weighted by atomic mass is 16.5. The van der Waals surface area contributed by atoms with Gasteiger partial charge in [-0.05, 0) is 5.56 Å². The van der Waals surface area contributed by atoms with Gasteiger partial charge in [0.25, 0.3) is 0 Å². The van der Waals surface area contributed by atoms with E-state index in [1.807, 2.05) is 30.3 Å². The summed E-state index contributed by atoms with van der Waals surface area (Å²) in [6, 6.07) is 9.10. The average Bonchev–Trinajstić information content (AvgIpc) is 2.44. The maximum Gasteiger partial charge on any atom is 0.115 e. The van der Waals surface area contributed by atoms with Crippen LogP contribution in [0.5, 0.6) is 0 Å². The van der Waals surface area contributed by atoms with Gasteiger partial charge in [-0.2, -0.15) is 0 Å². The van der Waals surface area contributed by atoms with E-state index in [1.165, 1.54) is 0 Å². The van der Waals surface area contributed by atoms with E-state index in [4.69, 9.17) is 4.74 Å². The van der Waals surface area contributed by atoms with Crippen molar-refractivity contribution in [1.29, 1.82) is 0 Å². The summed E-state index contributed by atoms with van der Waals surface area (Å²) in [4.78, 5) is 0. The van der Waals surface area contributed by atoms with Gasteiger partial charge in [0.15, 0.2) is 0 Å². The molecule has 0 heterocycles. The van der Waals surface area contributed by atoms with E-state index in [2.05, 4.69) is 0 Å². The number of hydrogen-bond donors (Lipinski definition) is 5. The summed E-state index contributed by atoms with van der Waals surface area (Å²) in [5.74, 6) is 0. The SMILES string of the molecule is OC1C(O)[C@H](O)C(OCc2ccccc2)C(O)[C@@H]1O. The number of benzene rings is 1. The van der Waals surface area contributed by atoms with Crippen LogP contribution in [0.1, 0.15) is 5.56 Å². The molecule has 0 amide bonds. The molecule has 1 aromatic rings. The Morgan fingerprint density at radius 2 is 1.21 bits per heavy atom. The van der Waals surface area contributed by atoms with Crippen molar-refractivity contribution >= 4 is 0 Å². The van der Waals surface area contributed by atoms with Crippen molar-refractivity contribution in [2.45, 2.75) is 43.2 Å². The molecule has 1 aliphatic carbocycles. The molecule has 19 heavy (non-hydrogen) atoms. The molecule has 1 saturated carbocycles. The Balaban J connectivity index is 2.02. The van der Waals surface area contributed by atoms with E-state index in [0.29, 0.717) is 0 Å². The quantitative estimate of drug-likeness (QED) is 0.452. The second-order valence-electron chi connectivity index (χ2n) is 4.71. The Labute approximate surface area is 110 Å². The van der Waals surface area contributed by atoms with Crippen LogP contribution in [0.2, 0.25) is 0 Å². The van der Waals surface area contributed by atoms with Crippen LogP contribution in [0.15, 0.2) is 30.3 Å². The minimum absolute atomic E-state index is 0.120. The number of ether oxygens (including phenoxy) is 1. The summed E-state index contributed by atoms with van der Waals surface area (Å²) in [7, 11) is 0. The topological polar surface area (TPSA) is 110 Å². The fraction of sp³-hybridized carbons (Fsp3) is 0.538. The highest BCUT2D eigenvalue weighted by Gasteiger charge is 2.48. The third-order valence-electron chi connectivity index (χ3n) is 3.36. The molecule has 6 heteroatoms. The summed E-state index contributed by atoms with van der Waals surface area (Å²) >= 11 is 0. The van der Waals surface area contributed by atoms with Crippen LogP contribution < -0.4 is 0 Å². The monoisotopic (exact) mass is 270 g/mol. The molecule has 1 aliphatic rings. The molecular formula is C13H18O6. The van der Waals surface area contributed by atoms with Crippen molar-refractivity contribution in [3.05, 3.63) is 35.9 Å². The third-order valence-corrected chi connectivity index (χ3v) is 3.36. The van der Waals surface area contributed by atoms with Gasteiger partial charge in [0, 0.05) is 0 Å². The van der Waals surface area contributed by atoms with Crippen LogP contribution in [0.25, 0.3) is 0 Å². The van der Waals surface area contributed by atoms with Crippen LogP contribution in [0.3, 0.4) is 0 Å². The molecule has 1 aromatic carbocycles. The van der Waals surface area contributed by atoms with Crippen molar-refractivity contribution in [1.82, 2.24) is 0 Å². The molecule has 0 radical (unpaired) electrons. The fourth-order valence-electron chi connectivity index (χ4n) is 2.16. The third kappa shape index (κ3) is 2.94. The largest absolute Gasteiger partial charge is 0.387 e. The van der Waals surface area contributed by atoms with Gasteiger partial charge < -0.3 is 30.3 Å². The van der Waals surface area contributed by atoms with Gasteiger partial charge in [-0.1, -0.05) is 30.3 Å². The molecule has 0 spiro atoms. The lowest BCUT2D eigenvalue weighted by molar-refractivity contribution is -0.237. The normalized spacial score (nSPS) is 39.2. The molecule has 4 unspecified atom stereocenters. The van der Waals surface area contributed by atoms with Gasteiger partial charge in [-0.3, -0.25) is 0 Å². The van der Waals surface area contributed by atoms with Gasteiger partial charge in [0.1, 0.15) is 36.6 Å². The lowest BCUT2D eigenvalue weighted by atomic mass is 9.85. The predicted molar refractivity (Wildman–Crippen MR) is 65.1 cm³/mol. The number of aliphatic hydroxyl groups is 5. The molecule has 5 N–H and O–H groups in total. The van der Waals surface area contributed by atoms with E-state index in [-0.39, 0.29) is 6.61 Å². The molecule has 0 bridgehead atoms. The highest BCUT2D eigenvalue weighted by molar-refractivity contribution is 5.13. The lowest BCUT2D eigenvalue weighted by Crippen LogP contribution is -2.64. The summed E-state index contributed by atoms with van der Waals surface area (Å²) < 4.78 is 5.35. The Morgan fingerprint density at radius 3 is 1.74 bits per heavy atom. The van der Waals surface area contributed by atoms with Crippen LogP contribution in [-0.4, -0.2) is 62.2 Å². The number of aliphatic hydroxyl groups excluding tert-OH is 5. The first-order chi connectivity index (χ1) is 9.02. The Kier molecular flexibility index (Phi) is 4.51. The van der Waals surface area contributed by atoms with E-state index in [9.17, 15) is 25.5 Å². The van der Waals surface area contributed by atoms with Crippen molar-refractivity contribution in [2.24, 2.45) is 0 Å². The van der Waals surface area contributed by atoms with Gasteiger partial charge in [-0.15, -0.1) is 0 Å². The van der Waals surface area contributed by atoms with E-state index >= 15 is 0 Å². The standard InChI is InChI=1S/C13H18O6/c14-8-9(15)11(17)13(12(18)10(8)16)19-6-7-4-2-1-3-5-7/h1-5,8-18H,6H2/t8?,9-,10?,11?,12+,13?/m1/s1. The first-order valence-corrected chi connectivity index (χ1v) is 6.08. The van der Waals surface area contributed by atoms with Crippen LogP contribution in [0.4, 0.5) is 0 Å². The second kappa shape index (κ2) is 5.96. The van der Waals surface area contributed by atoms with E-state index in [1.54, 1.807) is 0 Å². The Bertz CT molecular complexity index is 381. The highest BCUT2D eigenvalue weighted by Crippen LogP contribution is 2.24. The number of hydrogen-bond acceptors (Lipinski definition) is 6.